The van der Waals surface area contributed by atoms with Crippen LogP contribution in [0, 0.1) is 11.3 Å². The zero-order chi connectivity index (χ0) is 19.8. The number of aryl methyl sites for hydroxylation is 1. The third-order valence-corrected chi connectivity index (χ3v) is 5.59. The predicted molar refractivity (Wildman–Crippen MR) is 107 cm³/mol. The van der Waals surface area contributed by atoms with Crippen LogP contribution in [0.2, 0.25) is 0 Å². The van der Waals surface area contributed by atoms with Gasteiger partial charge in [0.2, 0.25) is 0 Å². The van der Waals surface area contributed by atoms with E-state index < -0.39 is 5.92 Å². The maximum Gasteiger partial charge on any atom is 0.315 e. The van der Waals surface area contributed by atoms with E-state index in [0.29, 0.717) is 18.6 Å². The zero-order valence-corrected chi connectivity index (χ0v) is 17.0. The number of ketones is 1. The van der Waals surface area contributed by atoms with Crippen LogP contribution in [0.4, 0.5) is 0 Å². The molecule has 2 aliphatic rings. The monoisotopic (exact) mass is 367 g/mol. The number of ether oxygens (including phenoxy) is 1. The van der Waals surface area contributed by atoms with Crippen molar-refractivity contribution in [3.05, 3.63) is 46.7 Å². The molecule has 0 N–H and O–H groups in total. The van der Waals surface area contributed by atoms with Gasteiger partial charge in [0.25, 0.3) is 0 Å². The minimum atomic E-state index is -0.540. The van der Waals surface area contributed by atoms with E-state index in [2.05, 4.69) is 32.9 Å². The molecule has 0 spiro atoms. The molecule has 1 aliphatic carbocycles. The number of allylic oxidation sites excluding steroid dienone is 2. The van der Waals surface area contributed by atoms with Gasteiger partial charge in [-0.3, -0.25) is 14.6 Å². The van der Waals surface area contributed by atoms with Gasteiger partial charge in [0.1, 0.15) is 5.92 Å². The Morgan fingerprint density at radius 3 is 2.44 bits per heavy atom. The largest absolute Gasteiger partial charge is 0.465 e. The van der Waals surface area contributed by atoms with Gasteiger partial charge in [-0.05, 0) is 43.2 Å². The Balaban J connectivity index is 2.14. The molecule has 0 aromatic heterocycles. The Hall–Kier alpha value is -2.23. The lowest BCUT2D eigenvalue weighted by molar-refractivity contribution is -0.146. The van der Waals surface area contributed by atoms with E-state index in [-0.39, 0.29) is 23.1 Å². The second-order valence-corrected chi connectivity index (χ2v) is 8.36. The van der Waals surface area contributed by atoms with E-state index in [9.17, 15) is 9.59 Å². The summed E-state index contributed by atoms with van der Waals surface area (Å²) in [5.41, 5.74) is 4.41. The highest BCUT2D eigenvalue weighted by Crippen LogP contribution is 2.47. The van der Waals surface area contributed by atoms with Crippen LogP contribution in [0.5, 0.6) is 0 Å². The van der Waals surface area contributed by atoms with Crippen LogP contribution >= 0.6 is 0 Å². The Kier molecular flexibility index (Phi) is 5.36. The Morgan fingerprint density at radius 2 is 1.85 bits per heavy atom. The maximum atomic E-state index is 13.1. The number of hydrogen-bond acceptors (Lipinski definition) is 4. The topological polar surface area (TPSA) is 55.7 Å². The molecule has 0 unspecified atom stereocenters. The number of hydrogen-bond donors (Lipinski definition) is 0. The summed E-state index contributed by atoms with van der Waals surface area (Å²) < 4.78 is 5.35. The number of carbonyl (C=O) groups is 2. The molecule has 0 bridgehead atoms. The summed E-state index contributed by atoms with van der Waals surface area (Å²) in [6.07, 6.45) is 2.19. The molecule has 0 amide bonds. The van der Waals surface area contributed by atoms with E-state index in [1.165, 1.54) is 5.56 Å². The van der Waals surface area contributed by atoms with E-state index in [4.69, 9.17) is 9.73 Å². The molecule has 3 rings (SSSR count). The van der Waals surface area contributed by atoms with Gasteiger partial charge in [0.15, 0.2) is 5.78 Å². The number of carbonyl (C=O) groups excluding carboxylic acids is 2. The number of Topliss-reactive ketones (excluding diaryl/α,β-unsaturated/α-hetero) is 1. The van der Waals surface area contributed by atoms with Crippen LogP contribution < -0.4 is 0 Å². The summed E-state index contributed by atoms with van der Waals surface area (Å²) in [6, 6.07) is 8.25. The van der Waals surface area contributed by atoms with Crippen molar-refractivity contribution in [1.82, 2.24) is 0 Å². The lowest BCUT2D eigenvalue weighted by atomic mass is 9.67. The first-order chi connectivity index (χ1) is 12.8. The van der Waals surface area contributed by atoms with Crippen molar-refractivity contribution in [2.75, 3.05) is 6.61 Å². The molecule has 0 radical (unpaired) electrons. The smallest absolute Gasteiger partial charge is 0.315 e. The molecule has 27 heavy (non-hydrogen) atoms. The summed E-state index contributed by atoms with van der Waals surface area (Å²) >= 11 is 0. The van der Waals surface area contributed by atoms with Gasteiger partial charge < -0.3 is 4.74 Å². The lowest BCUT2D eigenvalue weighted by Crippen LogP contribution is -2.39. The molecule has 1 aromatic carbocycles. The van der Waals surface area contributed by atoms with Crippen LogP contribution in [-0.2, 0) is 20.7 Å². The fourth-order valence-electron chi connectivity index (χ4n) is 4.30. The highest BCUT2D eigenvalue weighted by molar-refractivity contribution is 6.09. The molecule has 1 aromatic rings. The Labute approximate surface area is 161 Å². The molecule has 1 heterocycles. The number of aliphatic imine (C=N–C) groups is 1. The highest BCUT2D eigenvalue weighted by atomic mass is 16.5. The van der Waals surface area contributed by atoms with E-state index in [1.54, 1.807) is 6.92 Å². The van der Waals surface area contributed by atoms with Crippen molar-refractivity contribution in [2.24, 2.45) is 16.3 Å². The van der Waals surface area contributed by atoms with Gasteiger partial charge in [-0.2, -0.15) is 0 Å². The number of esters is 1. The molecular formula is C23H29NO3. The second kappa shape index (κ2) is 7.41. The fourth-order valence-corrected chi connectivity index (χ4v) is 4.30. The third kappa shape index (κ3) is 3.76. The summed E-state index contributed by atoms with van der Waals surface area (Å²) in [5.74, 6) is -1.05. The Morgan fingerprint density at radius 1 is 1.19 bits per heavy atom. The van der Waals surface area contributed by atoms with Crippen molar-refractivity contribution >= 4 is 17.5 Å². The Bertz CT molecular complexity index is 815. The zero-order valence-electron chi connectivity index (χ0n) is 17.0. The van der Waals surface area contributed by atoms with E-state index in [1.807, 2.05) is 19.1 Å². The van der Waals surface area contributed by atoms with Crippen LogP contribution in [0.3, 0.4) is 0 Å². The minimum absolute atomic E-state index is 0.104. The molecule has 2 atom stereocenters. The van der Waals surface area contributed by atoms with Gasteiger partial charge in [-0.15, -0.1) is 0 Å². The summed E-state index contributed by atoms with van der Waals surface area (Å²) in [7, 11) is 0. The van der Waals surface area contributed by atoms with Gasteiger partial charge in [0.05, 0.1) is 6.61 Å². The van der Waals surface area contributed by atoms with Crippen LogP contribution in [-0.4, -0.2) is 24.1 Å². The average molecular weight is 367 g/mol. The van der Waals surface area contributed by atoms with Gasteiger partial charge >= 0.3 is 5.97 Å². The van der Waals surface area contributed by atoms with Gasteiger partial charge in [-0.25, -0.2) is 0 Å². The van der Waals surface area contributed by atoms with E-state index >= 15 is 0 Å². The third-order valence-electron chi connectivity index (χ3n) is 5.59. The number of nitrogens with zero attached hydrogens (tertiary/aromatic N) is 1. The SMILES string of the molecule is CCOC(=O)[C@@H]1C(C)=NC2=C(C(=O)CC(C)(C)C2)[C@@H]1c1ccc(CC)cc1. The number of rotatable bonds is 4. The first kappa shape index (κ1) is 19.5. The average Bonchev–Trinajstić information content (AvgIpc) is 2.59. The molecule has 1 aliphatic heterocycles. The highest BCUT2D eigenvalue weighted by Gasteiger charge is 2.45. The molecule has 144 valence electrons. The fraction of sp³-hybridized carbons (Fsp3) is 0.522. The van der Waals surface area contributed by atoms with Crippen molar-refractivity contribution in [3.8, 4) is 0 Å². The summed E-state index contributed by atoms with van der Waals surface area (Å²) in [6.45, 7) is 10.3. The first-order valence-electron chi connectivity index (χ1n) is 9.84. The molecule has 0 fully saturated rings. The standard InChI is InChI=1S/C23H29NO3/c1-6-15-8-10-16(11-9-15)20-19(22(26)27-7-2)14(3)24-17-12-23(4,5)13-18(25)21(17)20/h8-11,19-20H,6-7,12-13H2,1-5H3/t19-,20-/m1/s1. The second-order valence-electron chi connectivity index (χ2n) is 8.36. The lowest BCUT2D eigenvalue weighted by Gasteiger charge is -2.39. The molecule has 4 heteroatoms. The predicted octanol–water partition coefficient (Wildman–Crippen LogP) is 4.63. The normalized spacial score (nSPS) is 24.3. The van der Waals surface area contributed by atoms with Gasteiger partial charge in [-0.1, -0.05) is 45.0 Å². The molecular weight excluding hydrogens is 338 g/mol. The van der Waals surface area contributed by atoms with Crippen molar-refractivity contribution in [1.29, 1.82) is 0 Å². The quantitative estimate of drug-likeness (QED) is 0.729. The summed E-state index contributed by atoms with van der Waals surface area (Å²) in [4.78, 5) is 30.6. The number of benzene rings is 1. The first-order valence-corrected chi connectivity index (χ1v) is 9.84. The molecule has 4 nitrogen and oxygen atoms in total. The summed E-state index contributed by atoms with van der Waals surface area (Å²) in [5, 5.41) is 0. The minimum Gasteiger partial charge on any atom is -0.465 e. The molecule has 0 saturated carbocycles. The maximum absolute atomic E-state index is 13.1. The van der Waals surface area contributed by atoms with Crippen LogP contribution in [0.15, 0.2) is 40.5 Å². The van der Waals surface area contributed by atoms with Crippen molar-refractivity contribution in [2.45, 2.75) is 59.8 Å². The molecule has 0 saturated heterocycles. The van der Waals surface area contributed by atoms with Crippen LogP contribution in [0.1, 0.15) is 64.5 Å². The van der Waals surface area contributed by atoms with Crippen molar-refractivity contribution in [3.63, 3.8) is 0 Å². The van der Waals surface area contributed by atoms with Crippen molar-refractivity contribution < 1.29 is 14.3 Å². The van der Waals surface area contributed by atoms with E-state index in [0.717, 1.165) is 29.8 Å². The van der Waals surface area contributed by atoms with Gasteiger partial charge in [0, 0.05) is 29.3 Å². The van der Waals surface area contributed by atoms with Crippen LogP contribution in [0.25, 0.3) is 0 Å².